The lowest BCUT2D eigenvalue weighted by atomic mass is 10.0. The molecule has 0 saturated carbocycles. The molecule has 10 heteroatoms. The summed E-state index contributed by atoms with van der Waals surface area (Å²) in [6.07, 6.45) is -8.66. The molecule has 4 aromatic rings. The number of thiophene rings is 1. The van der Waals surface area contributed by atoms with Crippen molar-refractivity contribution in [3.05, 3.63) is 70.9 Å². The number of aromatic nitrogens is 2. The van der Waals surface area contributed by atoms with Crippen molar-refractivity contribution in [1.82, 2.24) is 9.97 Å². The second kappa shape index (κ2) is 7.52. The van der Waals surface area contributed by atoms with Crippen LogP contribution in [-0.4, -0.2) is 9.97 Å². The SMILES string of the molecule is Cc1sc2ncnc(Nc3cc(C(F)(F)F)cc(C(F)(F)F)c3)c2c1-c1ccccc1. The average Bonchev–Trinajstić information content (AvgIpc) is 3.04. The van der Waals surface area contributed by atoms with Crippen molar-refractivity contribution >= 4 is 33.1 Å². The van der Waals surface area contributed by atoms with Gasteiger partial charge in [-0.3, -0.25) is 0 Å². The maximum atomic E-state index is 13.2. The van der Waals surface area contributed by atoms with Crippen molar-refractivity contribution in [3.8, 4) is 11.1 Å². The summed E-state index contributed by atoms with van der Waals surface area (Å²) >= 11 is 1.36. The van der Waals surface area contributed by atoms with Gasteiger partial charge in [-0.1, -0.05) is 30.3 Å². The summed E-state index contributed by atoms with van der Waals surface area (Å²) < 4.78 is 79.2. The van der Waals surface area contributed by atoms with E-state index in [0.29, 0.717) is 22.3 Å². The van der Waals surface area contributed by atoms with Crippen molar-refractivity contribution < 1.29 is 26.3 Å². The van der Waals surface area contributed by atoms with Crippen molar-refractivity contribution in [2.24, 2.45) is 0 Å². The molecule has 4 rings (SSSR count). The summed E-state index contributed by atoms with van der Waals surface area (Å²) in [5, 5.41) is 3.18. The summed E-state index contributed by atoms with van der Waals surface area (Å²) in [5.74, 6) is 0.126. The van der Waals surface area contributed by atoms with E-state index in [-0.39, 0.29) is 17.6 Å². The van der Waals surface area contributed by atoms with Crippen LogP contribution in [-0.2, 0) is 12.4 Å². The maximum absolute atomic E-state index is 13.2. The first-order valence-corrected chi connectivity index (χ1v) is 9.71. The Morgan fingerprint density at radius 2 is 1.45 bits per heavy atom. The van der Waals surface area contributed by atoms with Gasteiger partial charge in [0.2, 0.25) is 0 Å². The lowest BCUT2D eigenvalue weighted by Gasteiger charge is -2.15. The van der Waals surface area contributed by atoms with Gasteiger partial charge in [0.1, 0.15) is 17.0 Å². The highest BCUT2D eigenvalue weighted by Gasteiger charge is 2.37. The number of fused-ring (bicyclic) bond motifs is 1. The molecular weight excluding hydrogens is 440 g/mol. The zero-order chi connectivity index (χ0) is 22.4. The van der Waals surface area contributed by atoms with Gasteiger partial charge in [-0.2, -0.15) is 26.3 Å². The first-order chi connectivity index (χ1) is 14.5. The molecule has 2 aromatic carbocycles. The number of aryl methyl sites for hydroxylation is 1. The molecule has 1 N–H and O–H groups in total. The molecule has 0 saturated heterocycles. The fraction of sp³-hybridized carbons (Fsp3) is 0.143. The molecule has 0 radical (unpaired) electrons. The number of nitrogens with one attached hydrogen (secondary N) is 1. The number of alkyl halides is 6. The Balaban J connectivity index is 1.88. The molecule has 0 aliphatic carbocycles. The van der Waals surface area contributed by atoms with Gasteiger partial charge in [-0.25, -0.2) is 9.97 Å². The lowest BCUT2D eigenvalue weighted by molar-refractivity contribution is -0.143. The molecule has 2 aromatic heterocycles. The van der Waals surface area contributed by atoms with Crippen LogP contribution in [0.4, 0.5) is 37.8 Å². The van der Waals surface area contributed by atoms with Gasteiger partial charge in [-0.15, -0.1) is 11.3 Å². The Hall–Kier alpha value is -3.14. The van der Waals surface area contributed by atoms with Crippen LogP contribution >= 0.6 is 11.3 Å². The number of benzene rings is 2. The van der Waals surface area contributed by atoms with Crippen molar-refractivity contribution in [1.29, 1.82) is 0 Å². The molecule has 0 fully saturated rings. The third-order valence-electron chi connectivity index (χ3n) is 4.58. The van der Waals surface area contributed by atoms with E-state index in [1.54, 1.807) is 0 Å². The van der Waals surface area contributed by atoms with Crippen LogP contribution < -0.4 is 5.32 Å². The molecule has 0 bridgehead atoms. The van der Waals surface area contributed by atoms with E-state index in [9.17, 15) is 26.3 Å². The van der Waals surface area contributed by atoms with Crippen LogP contribution in [0.15, 0.2) is 54.9 Å². The standard InChI is InChI=1S/C21H13F6N3S/c1-11-16(12-5-3-2-4-6-12)17-18(28-10-29-19(17)31-11)30-15-8-13(20(22,23)24)7-14(9-15)21(25,26)27/h2-10H,1H3,(H,28,29,30). The second-order valence-corrected chi connectivity index (χ2v) is 7.92. The molecule has 2 heterocycles. The fourth-order valence-corrected chi connectivity index (χ4v) is 4.27. The van der Waals surface area contributed by atoms with E-state index in [4.69, 9.17) is 0 Å². The molecule has 160 valence electrons. The van der Waals surface area contributed by atoms with Crippen LogP contribution in [0.5, 0.6) is 0 Å². The van der Waals surface area contributed by atoms with E-state index >= 15 is 0 Å². The Kier molecular flexibility index (Phi) is 5.12. The number of rotatable bonds is 3. The minimum atomic E-state index is -4.94. The summed E-state index contributed by atoms with van der Waals surface area (Å²) in [6, 6.07) is 10.6. The van der Waals surface area contributed by atoms with E-state index in [1.807, 2.05) is 37.3 Å². The van der Waals surface area contributed by atoms with Gasteiger partial charge in [-0.05, 0) is 30.7 Å². The Bertz CT molecular complexity index is 1210. The van der Waals surface area contributed by atoms with E-state index in [1.165, 1.54) is 17.7 Å². The van der Waals surface area contributed by atoms with Crippen LogP contribution in [0.2, 0.25) is 0 Å². The van der Waals surface area contributed by atoms with Crippen molar-refractivity contribution in [2.75, 3.05) is 5.32 Å². The zero-order valence-electron chi connectivity index (χ0n) is 15.8. The molecule has 0 spiro atoms. The average molecular weight is 453 g/mol. The second-order valence-electron chi connectivity index (χ2n) is 6.72. The minimum Gasteiger partial charge on any atom is -0.340 e. The number of anilines is 2. The summed E-state index contributed by atoms with van der Waals surface area (Å²) in [7, 11) is 0. The molecule has 0 unspecified atom stereocenters. The van der Waals surface area contributed by atoms with Gasteiger partial charge in [0.05, 0.1) is 16.5 Å². The van der Waals surface area contributed by atoms with Gasteiger partial charge in [0.25, 0.3) is 0 Å². The predicted molar refractivity (Wildman–Crippen MR) is 107 cm³/mol. The molecule has 0 aliphatic heterocycles. The zero-order valence-corrected chi connectivity index (χ0v) is 16.6. The molecule has 0 aliphatic rings. The number of halogens is 6. The topological polar surface area (TPSA) is 37.8 Å². The quantitative estimate of drug-likeness (QED) is 0.328. The normalized spacial score (nSPS) is 12.4. The summed E-state index contributed by atoms with van der Waals surface area (Å²) in [4.78, 5) is 9.78. The Morgan fingerprint density at radius 3 is 2.03 bits per heavy atom. The smallest absolute Gasteiger partial charge is 0.340 e. The lowest BCUT2D eigenvalue weighted by Crippen LogP contribution is -2.11. The van der Waals surface area contributed by atoms with Gasteiger partial charge in [0.15, 0.2) is 0 Å². The molecular formula is C21H13F6N3S. The minimum absolute atomic E-state index is 0.0882. The first kappa shape index (κ1) is 21.1. The number of nitrogens with zero attached hydrogens (tertiary/aromatic N) is 2. The Labute approximate surface area is 176 Å². The van der Waals surface area contributed by atoms with Crippen LogP contribution in [0.1, 0.15) is 16.0 Å². The predicted octanol–water partition coefficient (Wildman–Crippen LogP) is 7.45. The summed E-state index contributed by atoms with van der Waals surface area (Å²) in [5.41, 5.74) is -1.57. The Morgan fingerprint density at radius 1 is 0.839 bits per heavy atom. The molecule has 3 nitrogen and oxygen atoms in total. The van der Waals surface area contributed by atoms with Crippen molar-refractivity contribution in [3.63, 3.8) is 0 Å². The van der Waals surface area contributed by atoms with Crippen LogP contribution in [0, 0.1) is 6.92 Å². The van der Waals surface area contributed by atoms with Gasteiger partial charge >= 0.3 is 12.4 Å². The van der Waals surface area contributed by atoms with Gasteiger partial charge in [0, 0.05) is 16.1 Å². The van der Waals surface area contributed by atoms with E-state index in [0.717, 1.165) is 16.0 Å². The highest BCUT2D eigenvalue weighted by molar-refractivity contribution is 7.19. The third-order valence-corrected chi connectivity index (χ3v) is 5.59. The monoisotopic (exact) mass is 453 g/mol. The van der Waals surface area contributed by atoms with E-state index < -0.39 is 23.5 Å². The molecule has 0 atom stereocenters. The maximum Gasteiger partial charge on any atom is 0.416 e. The highest BCUT2D eigenvalue weighted by atomic mass is 32.1. The molecule has 0 amide bonds. The third kappa shape index (κ3) is 4.20. The van der Waals surface area contributed by atoms with Crippen LogP contribution in [0.3, 0.4) is 0 Å². The van der Waals surface area contributed by atoms with Crippen LogP contribution in [0.25, 0.3) is 21.3 Å². The van der Waals surface area contributed by atoms with Crippen molar-refractivity contribution in [2.45, 2.75) is 19.3 Å². The van der Waals surface area contributed by atoms with Gasteiger partial charge < -0.3 is 5.32 Å². The fourth-order valence-electron chi connectivity index (χ4n) is 3.26. The van der Waals surface area contributed by atoms with E-state index in [2.05, 4.69) is 15.3 Å². The number of hydrogen-bond donors (Lipinski definition) is 1. The molecule has 31 heavy (non-hydrogen) atoms. The first-order valence-electron chi connectivity index (χ1n) is 8.90. The highest BCUT2D eigenvalue weighted by Crippen LogP contribution is 2.42. The summed E-state index contributed by atoms with van der Waals surface area (Å²) in [6.45, 7) is 1.87. The largest absolute Gasteiger partial charge is 0.416 e. The number of hydrogen-bond acceptors (Lipinski definition) is 4.